The van der Waals surface area contributed by atoms with E-state index < -0.39 is 11.7 Å². The molecule has 0 aliphatic rings. The molecule has 0 unspecified atom stereocenters. The van der Waals surface area contributed by atoms with Crippen LogP contribution < -0.4 is 9.47 Å². The molecule has 2 rings (SSSR count). The van der Waals surface area contributed by atoms with Crippen LogP contribution in [0.2, 0.25) is 0 Å². The molecule has 0 amide bonds. The summed E-state index contributed by atoms with van der Waals surface area (Å²) in [4.78, 5) is 0. The molecule has 0 spiro atoms. The van der Waals surface area contributed by atoms with Gasteiger partial charge >= 0.3 is 6.18 Å². The van der Waals surface area contributed by atoms with Gasteiger partial charge in [-0.15, -0.1) is 0 Å². The highest BCUT2D eigenvalue weighted by atomic mass is 19.4. The number of halogens is 3. The second kappa shape index (κ2) is 5.45. The van der Waals surface area contributed by atoms with Crippen LogP contribution in [0.4, 0.5) is 13.2 Å². The van der Waals surface area contributed by atoms with Crippen molar-refractivity contribution in [2.24, 2.45) is 0 Å². The molecule has 0 saturated carbocycles. The highest BCUT2D eigenvalue weighted by Gasteiger charge is 2.34. The number of hydrogen-bond donors (Lipinski definition) is 0. The van der Waals surface area contributed by atoms with E-state index in [0.717, 1.165) is 6.07 Å². The Hall–Kier alpha value is -2.17. The van der Waals surface area contributed by atoms with Gasteiger partial charge in [-0.25, -0.2) is 0 Å². The molecule has 0 aliphatic carbocycles. The number of para-hydroxylation sites is 1. The van der Waals surface area contributed by atoms with Crippen molar-refractivity contribution in [3.8, 4) is 22.6 Å². The van der Waals surface area contributed by atoms with Gasteiger partial charge in [0.15, 0.2) is 0 Å². The third-order valence-electron chi connectivity index (χ3n) is 2.85. The zero-order valence-electron chi connectivity index (χ0n) is 10.9. The van der Waals surface area contributed by atoms with Crippen LogP contribution in [0.25, 0.3) is 11.1 Å². The van der Waals surface area contributed by atoms with Crippen LogP contribution >= 0.6 is 0 Å². The average Bonchev–Trinajstić information content (AvgIpc) is 2.45. The predicted octanol–water partition coefficient (Wildman–Crippen LogP) is 4.19. The Bertz CT molecular complexity index is 606. The van der Waals surface area contributed by atoms with Crippen LogP contribution in [0.1, 0.15) is 5.56 Å². The van der Waals surface area contributed by atoms with E-state index in [1.807, 2.05) is 0 Å². The summed E-state index contributed by atoms with van der Waals surface area (Å²) >= 11 is 0. The van der Waals surface area contributed by atoms with Crippen LogP contribution in [0, 0.1) is 6.07 Å². The van der Waals surface area contributed by atoms with Gasteiger partial charge in [0.1, 0.15) is 11.5 Å². The molecule has 5 heteroatoms. The minimum absolute atomic E-state index is 0.00514. The Kier molecular flexibility index (Phi) is 3.88. The van der Waals surface area contributed by atoms with Crippen molar-refractivity contribution in [2.75, 3.05) is 14.2 Å². The molecule has 0 bridgehead atoms. The van der Waals surface area contributed by atoms with Crippen LogP contribution in [0.5, 0.6) is 11.5 Å². The van der Waals surface area contributed by atoms with Gasteiger partial charge < -0.3 is 9.47 Å². The molecule has 1 radical (unpaired) electrons. The van der Waals surface area contributed by atoms with Crippen molar-refractivity contribution >= 4 is 0 Å². The molecule has 0 aromatic heterocycles. The van der Waals surface area contributed by atoms with Crippen molar-refractivity contribution in [1.29, 1.82) is 0 Å². The minimum Gasteiger partial charge on any atom is -0.496 e. The van der Waals surface area contributed by atoms with Crippen LogP contribution in [0.3, 0.4) is 0 Å². The first-order valence-corrected chi connectivity index (χ1v) is 5.77. The summed E-state index contributed by atoms with van der Waals surface area (Å²) in [7, 11) is 2.80. The molecule has 105 valence electrons. The predicted molar refractivity (Wildman–Crippen MR) is 68.8 cm³/mol. The van der Waals surface area contributed by atoms with Gasteiger partial charge in [-0.2, -0.15) is 13.2 Å². The van der Waals surface area contributed by atoms with E-state index in [0.29, 0.717) is 11.3 Å². The van der Waals surface area contributed by atoms with Gasteiger partial charge in [0.2, 0.25) is 0 Å². The molecule has 0 N–H and O–H groups in total. The fourth-order valence-corrected chi connectivity index (χ4v) is 1.91. The Morgan fingerprint density at radius 2 is 1.70 bits per heavy atom. The topological polar surface area (TPSA) is 18.5 Å². The number of hydrogen-bond acceptors (Lipinski definition) is 2. The quantitative estimate of drug-likeness (QED) is 0.839. The largest absolute Gasteiger partial charge is 0.496 e. The summed E-state index contributed by atoms with van der Waals surface area (Å²) in [6.07, 6.45) is -4.47. The van der Waals surface area contributed by atoms with Crippen molar-refractivity contribution in [1.82, 2.24) is 0 Å². The molecule has 0 heterocycles. The first-order valence-electron chi connectivity index (χ1n) is 5.77. The van der Waals surface area contributed by atoms with E-state index in [1.165, 1.54) is 20.3 Å². The average molecular weight is 281 g/mol. The Balaban J connectivity index is 2.70. The fraction of sp³-hybridized carbons (Fsp3) is 0.200. The zero-order valence-corrected chi connectivity index (χ0v) is 10.9. The lowest BCUT2D eigenvalue weighted by Crippen LogP contribution is -2.07. The maximum absolute atomic E-state index is 13.1. The lowest BCUT2D eigenvalue weighted by Gasteiger charge is -2.16. The van der Waals surface area contributed by atoms with Crippen molar-refractivity contribution in [3.63, 3.8) is 0 Å². The Labute approximate surface area is 114 Å². The molecule has 0 atom stereocenters. The summed E-state index contributed by atoms with van der Waals surface area (Å²) in [5.74, 6) is 0.602. The van der Waals surface area contributed by atoms with E-state index >= 15 is 0 Å². The third kappa shape index (κ3) is 2.71. The summed E-state index contributed by atoms with van der Waals surface area (Å²) in [5.41, 5.74) is -0.414. The molecular weight excluding hydrogens is 269 g/mol. The van der Waals surface area contributed by atoms with Gasteiger partial charge in [-0.05, 0) is 18.2 Å². The van der Waals surface area contributed by atoms with E-state index in [1.54, 1.807) is 24.3 Å². The molecular formula is C15H12F3O2. The standard InChI is InChI=1S/C15H12F3O2/c1-19-10-7-8-13(15(16,17)18)12(9-10)11-5-3-4-6-14(11)20-2/h3-6,8-9H,1-2H3. The molecule has 0 saturated heterocycles. The first-order chi connectivity index (χ1) is 9.47. The Morgan fingerprint density at radius 3 is 2.30 bits per heavy atom. The van der Waals surface area contributed by atoms with E-state index in [2.05, 4.69) is 6.07 Å². The maximum atomic E-state index is 13.1. The number of alkyl halides is 3. The molecule has 2 aromatic carbocycles. The normalized spacial score (nSPS) is 11.2. The number of rotatable bonds is 3. The molecule has 2 nitrogen and oxygen atoms in total. The van der Waals surface area contributed by atoms with Gasteiger partial charge in [0.25, 0.3) is 0 Å². The van der Waals surface area contributed by atoms with Crippen LogP contribution in [-0.4, -0.2) is 14.2 Å². The smallest absolute Gasteiger partial charge is 0.417 e. The van der Waals surface area contributed by atoms with E-state index in [4.69, 9.17) is 9.47 Å². The first kappa shape index (κ1) is 14.2. The van der Waals surface area contributed by atoms with Crippen LogP contribution in [0.15, 0.2) is 36.4 Å². The zero-order chi connectivity index (χ0) is 14.8. The molecule has 0 fully saturated rings. The van der Waals surface area contributed by atoms with Crippen LogP contribution in [-0.2, 0) is 6.18 Å². The summed E-state index contributed by atoms with van der Waals surface area (Å²) in [6, 6.07) is 11.2. The highest BCUT2D eigenvalue weighted by Crippen LogP contribution is 2.41. The van der Waals surface area contributed by atoms with Gasteiger partial charge in [-0.1, -0.05) is 18.2 Å². The fourth-order valence-electron chi connectivity index (χ4n) is 1.91. The Morgan fingerprint density at radius 1 is 1.00 bits per heavy atom. The second-order valence-corrected chi connectivity index (χ2v) is 4.03. The SMILES string of the molecule is COc1[c]cc(C(F)(F)F)c(-c2ccccc2OC)c1. The molecule has 2 aromatic rings. The summed E-state index contributed by atoms with van der Waals surface area (Å²) in [6.45, 7) is 0. The maximum Gasteiger partial charge on any atom is 0.417 e. The lowest BCUT2D eigenvalue weighted by atomic mass is 9.98. The van der Waals surface area contributed by atoms with Crippen molar-refractivity contribution in [2.45, 2.75) is 6.18 Å². The number of benzene rings is 2. The second-order valence-electron chi connectivity index (χ2n) is 4.03. The molecule has 0 aliphatic heterocycles. The van der Waals surface area contributed by atoms with E-state index in [9.17, 15) is 13.2 Å². The van der Waals surface area contributed by atoms with Gasteiger partial charge in [-0.3, -0.25) is 0 Å². The summed E-state index contributed by atoms with van der Waals surface area (Å²) < 4.78 is 49.4. The lowest BCUT2D eigenvalue weighted by molar-refractivity contribution is -0.137. The highest BCUT2D eigenvalue weighted by molar-refractivity contribution is 5.75. The van der Waals surface area contributed by atoms with Gasteiger partial charge in [0.05, 0.1) is 19.8 Å². The summed E-state index contributed by atoms with van der Waals surface area (Å²) in [5, 5.41) is 0. The van der Waals surface area contributed by atoms with Crippen molar-refractivity contribution < 1.29 is 22.6 Å². The number of ether oxygens (including phenoxy) is 2. The van der Waals surface area contributed by atoms with E-state index in [-0.39, 0.29) is 11.3 Å². The number of methoxy groups -OCH3 is 2. The monoisotopic (exact) mass is 281 g/mol. The van der Waals surface area contributed by atoms with Gasteiger partial charge in [0, 0.05) is 17.2 Å². The molecule has 20 heavy (non-hydrogen) atoms. The third-order valence-corrected chi connectivity index (χ3v) is 2.85. The van der Waals surface area contributed by atoms with Crippen molar-refractivity contribution in [3.05, 3.63) is 48.0 Å². The minimum atomic E-state index is -4.47.